The first-order chi connectivity index (χ1) is 8.15. The van der Waals surface area contributed by atoms with Crippen LogP contribution in [-0.2, 0) is 11.2 Å². The number of carbonyl (C=O) groups is 1. The smallest absolute Gasteiger partial charge is 0.229 e. The number of rotatable bonds is 3. The summed E-state index contributed by atoms with van der Waals surface area (Å²) in [5.41, 5.74) is 0.648. The van der Waals surface area contributed by atoms with Gasteiger partial charge in [-0.15, -0.1) is 11.3 Å². The second-order valence-corrected chi connectivity index (χ2v) is 6.37. The van der Waals surface area contributed by atoms with Crippen molar-refractivity contribution >= 4 is 50.5 Å². The van der Waals surface area contributed by atoms with Crippen molar-refractivity contribution < 1.29 is 4.79 Å². The van der Waals surface area contributed by atoms with E-state index in [0.29, 0.717) is 17.1 Å². The van der Waals surface area contributed by atoms with Crippen molar-refractivity contribution in [1.82, 2.24) is 0 Å². The summed E-state index contributed by atoms with van der Waals surface area (Å²) in [5.74, 6) is -0.0625. The molecule has 0 atom stereocenters. The van der Waals surface area contributed by atoms with Gasteiger partial charge in [-0.3, -0.25) is 4.79 Å². The van der Waals surface area contributed by atoms with Gasteiger partial charge in [-0.1, -0.05) is 23.7 Å². The van der Waals surface area contributed by atoms with Crippen LogP contribution in [0.15, 0.2) is 40.2 Å². The summed E-state index contributed by atoms with van der Waals surface area (Å²) in [4.78, 5) is 12.8. The lowest BCUT2D eigenvalue weighted by atomic mass is 10.3. The molecular weight excluding hydrogens is 322 g/mol. The van der Waals surface area contributed by atoms with E-state index in [2.05, 4.69) is 21.2 Å². The molecule has 0 fully saturated rings. The Kier molecular flexibility index (Phi) is 4.20. The highest BCUT2D eigenvalue weighted by Crippen LogP contribution is 2.24. The van der Waals surface area contributed by atoms with E-state index in [4.69, 9.17) is 11.6 Å². The summed E-state index contributed by atoms with van der Waals surface area (Å²) in [6, 6.07) is 11.1. The fraction of sp³-hybridized carbons (Fsp3) is 0.0833. The summed E-state index contributed by atoms with van der Waals surface area (Å²) in [6.07, 6.45) is 0.363. The molecule has 5 heteroatoms. The Hall–Kier alpha value is -0.840. The Balaban J connectivity index is 2.01. The van der Waals surface area contributed by atoms with Crippen LogP contribution < -0.4 is 5.32 Å². The van der Waals surface area contributed by atoms with Gasteiger partial charge in [0.15, 0.2) is 0 Å². The van der Waals surface area contributed by atoms with E-state index < -0.39 is 0 Å². The minimum Gasteiger partial charge on any atom is -0.324 e. The minimum atomic E-state index is -0.0625. The van der Waals surface area contributed by atoms with Gasteiger partial charge in [0.25, 0.3) is 0 Å². The van der Waals surface area contributed by atoms with Crippen molar-refractivity contribution in [3.8, 4) is 0 Å². The number of carbonyl (C=O) groups excluding carboxylic acids is 1. The molecule has 88 valence electrons. The van der Waals surface area contributed by atoms with Gasteiger partial charge in [-0.25, -0.2) is 0 Å². The first kappa shape index (κ1) is 12.6. The number of para-hydroxylation sites is 1. The van der Waals surface area contributed by atoms with Crippen LogP contribution in [0, 0.1) is 0 Å². The van der Waals surface area contributed by atoms with Crippen molar-refractivity contribution in [2.24, 2.45) is 0 Å². The molecular formula is C12H9BrClNOS. The topological polar surface area (TPSA) is 29.1 Å². The number of hydrogen-bond donors (Lipinski definition) is 1. The summed E-state index contributed by atoms with van der Waals surface area (Å²) in [7, 11) is 0. The third kappa shape index (κ3) is 3.56. The number of halogens is 2. The van der Waals surface area contributed by atoms with Gasteiger partial charge in [0.2, 0.25) is 5.91 Å². The molecule has 2 aromatic rings. The Labute approximate surface area is 117 Å². The molecule has 0 saturated carbocycles. The first-order valence-corrected chi connectivity index (χ1v) is 6.92. The molecule has 1 amide bonds. The molecule has 0 radical (unpaired) electrons. The molecule has 2 nitrogen and oxygen atoms in total. The summed E-state index contributed by atoms with van der Waals surface area (Å²) < 4.78 is 1.03. The molecule has 0 aliphatic rings. The zero-order valence-electron chi connectivity index (χ0n) is 8.74. The lowest BCUT2D eigenvalue weighted by Crippen LogP contribution is -2.13. The number of anilines is 1. The van der Waals surface area contributed by atoms with Crippen LogP contribution in [0.2, 0.25) is 5.02 Å². The number of hydrogen-bond acceptors (Lipinski definition) is 2. The lowest BCUT2D eigenvalue weighted by molar-refractivity contribution is -0.115. The van der Waals surface area contributed by atoms with Crippen LogP contribution in [-0.4, -0.2) is 5.91 Å². The van der Waals surface area contributed by atoms with Crippen molar-refractivity contribution in [3.63, 3.8) is 0 Å². The third-order valence-electron chi connectivity index (χ3n) is 2.11. The van der Waals surface area contributed by atoms with Gasteiger partial charge >= 0.3 is 0 Å². The van der Waals surface area contributed by atoms with Crippen molar-refractivity contribution in [2.45, 2.75) is 6.42 Å². The maximum atomic E-state index is 11.8. The second kappa shape index (κ2) is 5.67. The van der Waals surface area contributed by atoms with E-state index in [1.54, 1.807) is 23.5 Å². The van der Waals surface area contributed by atoms with Crippen LogP contribution in [0.1, 0.15) is 4.88 Å². The maximum absolute atomic E-state index is 11.8. The van der Waals surface area contributed by atoms with E-state index in [1.165, 1.54) is 0 Å². The molecule has 1 N–H and O–H groups in total. The molecule has 1 aromatic heterocycles. The second-order valence-electron chi connectivity index (χ2n) is 3.41. The molecule has 1 aromatic carbocycles. The maximum Gasteiger partial charge on any atom is 0.229 e. The summed E-state index contributed by atoms with van der Waals surface area (Å²) in [5, 5.41) is 3.34. The first-order valence-electron chi connectivity index (χ1n) is 4.94. The fourth-order valence-electron chi connectivity index (χ4n) is 1.36. The molecule has 2 rings (SSSR count). The predicted molar refractivity (Wildman–Crippen MR) is 75.8 cm³/mol. The lowest BCUT2D eigenvalue weighted by Gasteiger charge is -2.05. The Morgan fingerprint density at radius 3 is 2.71 bits per heavy atom. The van der Waals surface area contributed by atoms with E-state index in [0.717, 1.165) is 8.66 Å². The average Bonchev–Trinajstić information content (AvgIpc) is 2.67. The van der Waals surface area contributed by atoms with Gasteiger partial charge in [-0.2, -0.15) is 0 Å². The van der Waals surface area contributed by atoms with Gasteiger partial charge in [0.1, 0.15) is 0 Å². The Bertz CT molecular complexity index is 541. The van der Waals surface area contributed by atoms with Gasteiger partial charge in [-0.05, 0) is 40.2 Å². The quantitative estimate of drug-likeness (QED) is 0.891. The van der Waals surface area contributed by atoms with Crippen LogP contribution in [0.5, 0.6) is 0 Å². The van der Waals surface area contributed by atoms with Crippen molar-refractivity contribution in [1.29, 1.82) is 0 Å². The van der Waals surface area contributed by atoms with Gasteiger partial charge < -0.3 is 5.32 Å². The Morgan fingerprint density at radius 1 is 1.29 bits per heavy atom. The third-order valence-corrected chi connectivity index (χ3v) is 4.06. The summed E-state index contributed by atoms with van der Waals surface area (Å²) in [6.45, 7) is 0. The van der Waals surface area contributed by atoms with E-state index in [1.807, 2.05) is 24.3 Å². The standard InChI is InChI=1S/C12H9BrClNOS/c13-11-6-5-8(17-11)7-12(16)15-10-4-2-1-3-9(10)14/h1-6H,7H2,(H,15,16). The van der Waals surface area contributed by atoms with Crippen LogP contribution in [0.3, 0.4) is 0 Å². The molecule has 17 heavy (non-hydrogen) atoms. The highest BCUT2D eigenvalue weighted by atomic mass is 79.9. The van der Waals surface area contributed by atoms with Crippen LogP contribution in [0.4, 0.5) is 5.69 Å². The van der Waals surface area contributed by atoms with Crippen LogP contribution >= 0.6 is 38.9 Å². The molecule has 0 saturated heterocycles. The summed E-state index contributed by atoms with van der Waals surface area (Å²) >= 11 is 10.9. The van der Waals surface area contributed by atoms with Crippen LogP contribution in [0.25, 0.3) is 0 Å². The molecule has 1 heterocycles. The molecule has 0 unspecified atom stereocenters. The van der Waals surface area contributed by atoms with Crippen molar-refractivity contribution in [2.75, 3.05) is 5.32 Å². The van der Waals surface area contributed by atoms with Gasteiger partial charge in [0.05, 0.1) is 20.9 Å². The zero-order chi connectivity index (χ0) is 12.3. The van der Waals surface area contributed by atoms with E-state index in [-0.39, 0.29) is 5.91 Å². The minimum absolute atomic E-state index is 0.0625. The molecule has 0 aliphatic carbocycles. The molecule has 0 aliphatic heterocycles. The largest absolute Gasteiger partial charge is 0.324 e. The molecule has 0 spiro atoms. The zero-order valence-corrected chi connectivity index (χ0v) is 11.9. The normalized spacial score (nSPS) is 10.2. The van der Waals surface area contributed by atoms with Crippen molar-refractivity contribution in [3.05, 3.63) is 50.1 Å². The highest BCUT2D eigenvalue weighted by Gasteiger charge is 2.07. The van der Waals surface area contributed by atoms with E-state index >= 15 is 0 Å². The monoisotopic (exact) mass is 329 g/mol. The number of amides is 1. The average molecular weight is 331 g/mol. The number of nitrogens with one attached hydrogen (secondary N) is 1. The number of thiophene rings is 1. The highest BCUT2D eigenvalue weighted by molar-refractivity contribution is 9.11. The SMILES string of the molecule is O=C(Cc1ccc(Br)s1)Nc1ccccc1Cl. The van der Waals surface area contributed by atoms with Gasteiger partial charge in [0, 0.05) is 4.88 Å². The predicted octanol–water partition coefficient (Wildman–Crippen LogP) is 4.35. The molecule has 0 bridgehead atoms. The Morgan fingerprint density at radius 2 is 2.06 bits per heavy atom. The number of benzene rings is 1. The van der Waals surface area contributed by atoms with E-state index in [9.17, 15) is 4.79 Å². The fourth-order valence-corrected chi connectivity index (χ4v) is 3.03.